The fourth-order valence-corrected chi connectivity index (χ4v) is 2.21. The Hall–Kier alpha value is -0.800. The van der Waals surface area contributed by atoms with E-state index in [9.17, 15) is 0 Å². The molecule has 1 atom stereocenters. The summed E-state index contributed by atoms with van der Waals surface area (Å²) in [4.78, 5) is 0. The van der Waals surface area contributed by atoms with E-state index in [2.05, 4.69) is 0 Å². The third-order valence-corrected chi connectivity index (χ3v) is 3.58. The third kappa shape index (κ3) is 4.35. The Bertz CT molecular complexity index is 575. The van der Waals surface area contributed by atoms with E-state index in [1.54, 1.807) is 6.07 Å². The Morgan fingerprint density at radius 3 is 2.25 bits per heavy atom. The predicted octanol–water partition coefficient (Wildman–Crippen LogP) is 5.67. The van der Waals surface area contributed by atoms with E-state index in [4.69, 9.17) is 55.9 Å². The Morgan fingerprint density at radius 1 is 0.900 bits per heavy atom. The SMILES string of the molecule is Clc1cc(Cl)c(OCC(Cl)Oc2ccccc2)cc1Cl. The van der Waals surface area contributed by atoms with Crippen molar-refractivity contribution in [2.75, 3.05) is 6.61 Å². The van der Waals surface area contributed by atoms with Crippen LogP contribution in [0.5, 0.6) is 11.5 Å². The van der Waals surface area contributed by atoms with Crippen LogP contribution in [0.1, 0.15) is 0 Å². The number of para-hydroxylation sites is 1. The van der Waals surface area contributed by atoms with Gasteiger partial charge >= 0.3 is 0 Å². The zero-order chi connectivity index (χ0) is 14.5. The maximum Gasteiger partial charge on any atom is 0.205 e. The maximum atomic E-state index is 6.04. The molecule has 1 unspecified atom stereocenters. The van der Waals surface area contributed by atoms with Crippen molar-refractivity contribution < 1.29 is 9.47 Å². The van der Waals surface area contributed by atoms with Gasteiger partial charge in [-0.25, -0.2) is 0 Å². The van der Waals surface area contributed by atoms with Crippen molar-refractivity contribution in [3.05, 3.63) is 57.5 Å². The molecule has 0 heterocycles. The maximum absolute atomic E-state index is 6.04. The highest BCUT2D eigenvalue weighted by atomic mass is 35.5. The highest BCUT2D eigenvalue weighted by Crippen LogP contribution is 2.34. The number of benzene rings is 2. The van der Waals surface area contributed by atoms with Crippen molar-refractivity contribution in [3.8, 4) is 11.5 Å². The Balaban J connectivity index is 1.93. The lowest BCUT2D eigenvalue weighted by atomic mass is 10.3. The van der Waals surface area contributed by atoms with Crippen LogP contribution in [0, 0.1) is 0 Å². The monoisotopic (exact) mass is 350 g/mol. The van der Waals surface area contributed by atoms with Gasteiger partial charge in [-0.1, -0.05) is 64.6 Å². The summed E-state index contributed by atoms with van der Waals surface area (Å²) < 4.78 is 10.9. The van der Waals surface area contributed by atoms with E-state index in [-0.39, 0.29) is 6.61 Å². The molecule has 2 aromatic carbocycles. The molecule has 0 spiro atoms. The zero-order valence-corrected chi connectivity index (χ0v) is 13.2. The van der Waals surface area contributed by atoms with Crippen LogP contribution in [0.15, 0.2) is 42.5 Å². The van der Waals surface area contributed by atoms with Crippen molar-refractivity contribution in [2.24, 2.45) is 0 Å². The van der Waals surface area contributed by atoms with E-state index in [0.717, 1.165) is 0 Å². The fraction of sp³-hybridized carbons (Fsp3) is 0.143. The van der Waals surface area contributed by atoms with Crippen LogP contribution in [0.25, 0.3) is 0 Å². The molecular formula is C14H10Cl4O2. The van der Waals surface area contributed by atoms with E-state index in [0.29, 0.717) is 26.6 Å². The van der Waals surface area contributed by atoms with Crippen LogP contribution in [-0.2, 0) is 0 Å². The van der Waals surface area contributed by atoms with Crippen molar-refractivity contribution >= 4 is 46.4 Å². The molecule has 0 aromatic heterocycles. The molecule has 0 amide bonds. The van der Waals surface area contributed by atoms with Crippen LogP contribution in [-0.4, -0.2) is 12.2 Å². The standard InChI is InChI=1S/C14H10Cl4O2/c15-10-6-12(17)13(7-11(10)16)19-8-14(18)20-9-4-2-1-3-5-9/h1-7,14H,8H2. The summed E-state index contributed by atoms with van der Waals surface area (Å²) in [6.07, 6.45) is 0. The average Bonchev–Trinajstić information content (AvgIpc) is 2.42. The number of hydrogen-bond acceptors (Lipinski definition) is 2. The van der Waals surface area contributed by atoms with Gasteiger partial charge in [-0.05, 0) is 18.2 Å². The lowest BCUT2D eigenvalue weighted by Crippen LogP contribution is -2.18. The molecule has 0 fully saturated rings. The third-order valence-electron chi connectivity index (χ3n) is 2.35. The second-order valence-corrected chi connectivity index (χ2v) is 5.56. The van der Waals surface area contributed by atoms with Crippen LogP contribution < -0.4 is 9.47 Å². The zero-order valence-electron chi connectivity index (χ0n) is 10.2. The predicted molar refractivity (Wildman–Crippen MR) is 83.7 cm³/mol. The molecule has 0 saturated carbocycles. The molecule has 6 heteroatoms. The van der Waals surface area contributed by atoms with E-state index >= 15 is 0 Å². The molecule has 0 aliphatic rings. The first-order valence-electron chi connectivity index (χ1n) is 5.69. The van der Waals surface area contributed by atoms with Gasteiger partial charge in [0.2, 0.25) is 5.56 Å². The normalized spacial score (nSPS) is 12.0. The minimum Gasteiger partial charge on any atom is -0.487 e. The van der Waals surface area contributed by atoms with Crippen molar-refractivity contribution in [1.82, 2.24) is 0 Å². The van der Waals surface area contributed by atoms with Gasteiger partial charge in [0.1, 0.15) is 18.1 Å². The molecule has 106 valence electrons. The molecule has 0 aliphatic heterocycles. The molecule has 2 aromatic rings. The minimum atomic E-state index is -0.650. The van der Waals surface area contributed by atoms with Crippen LogP contribution >= 0.6 is 46.4 Å². The average molecular weight is 352 g/mol. The Labute approximate surface area is 137 Å². The molecule has 0 saturated heterocycles. The van der Waals surface area contributed by atoms with Crippen LogP contribution in [0.4, 0.5) is 0 Å². The highest BCUT2D eigenvalue weighted by molar-refractivity contribution is 6.43. The molecular weight excluding hydrogens is 342 g/mol. The summed E-state index contributed by atoms with van der Waals surface area (Å²) in [5.41, 5.74) is -0.650. The number of alkyl halides is 1. The lowest BCUT2D eigenvalue weighted by Gasteiger charge is -2.15. The molecule has 2 rings (SSSR count). The summed E-state index contributed by atoms with van der Waals surface area (Å²) in [6, 6.07) is 12.3. The van der Waals surface area contributed by atoms with E-state index in [1.807, 2.05) is 30.3 Å². The molecule has 0 bridgehead atoms. The van der Waals surface area contributed by atoms with Gasteiger partial charge in [-0.2, -0.15) is 0 Å². The van der Waals surface area contributed by atoms with Crippen LogP contribution in [0.3, 0.4) is 0 Å². The largest absolute Gasteiger partial charge is 0.487 e. The van der Waals surface area contributed by atoms with Gasteiger partial charge in [-0.3, -0.25) is 0 Å². The number of rotatable bonds is 5. The second kappa shape index (κ2) is 7.28. The topological polar surface area (TPSA) is 18.5 Å². The molecule has 0 aliphatic carbocycles. The van der Waals surface area contributed by atoms with Gasteiger partial charge in [-0.15, -0.1) is 0 Å². The second-order valence-electron chi connectivity index (χ2n) is 3.85. The van der Waals surface area contributed by atoms with Gasteiger partial charge in [0, 0.05) is 6.07 Å². The highest BCUT2D eigenvalue weighted by Gasteiger charge is 2.11. The molecule has 20 heavy (non-hydrogen) atoms. The lowest BCUT2D eigenvalue weighted by molar-refractivity contribution is 0.187. The molecule has 0 N–H and O–H groups in total. The summed E-state index contributed by atoms with van der Waals surface area (Å²) in [5, 5.41) is 1.09. The quantitative estimate of drug-likeness (QED) is 0.510. The summed E-state index contributed by atoms with van der Waals surface area (Å²) >= 11 is 23.8. The number of hydrogen-bond donors (Lipinski definition) is 0. The fourth-order valence-electron chi connectivity index (χ4n) is 1.45. The Kier molecular flexibility index (Phi) is 5.67. The van der Waals surface area contributed by atoms with Gasteiger partial charge < -0.3 is 9.47 Å². The molecule has 2 nitrogen and oxygen atoms in total. The smallest absolute Gasteiger partial charge is 0.205 e. The summed E-state index contributed by atoms with van der Waals surface area (Å²) in [5.74, 6) is 1.07. The van der Waals surface area contributed by atoms with Gasteiger partial charge in [0.25, 0.3) is 0 Å². The van der Waals surface area contributed by atoms with Crippen LogP contribution in [0.2, 0.25) is 15.1 Å². The Morgan fingerprint density at radius 2 is 1.55 bits per heavy atom. The van der Waals surface area contributed by atoms with Crippen molar-refractivity contribution in [2.45, 2.75) is 5.56 Å². The van der Waals surface area contributed by atoms with Crippen molar-refractivity contribution in [3.63, 3.8) is 0 Å². The first-order chi connectivity index (χ1) is 9.56. The van der Waals surface area contributed by atoms with E-state index < -0.39 is 5.56 Å². The van der Waals surface area contributed by atoms with Gasteiger partial charge in [0.05, 0.1) is 15.1 Å². The number of ether oxygens (including phenoxy) is 2. The first kappa shape index (κ1) is 15.6. The number of halogens is 4. The van der Waals surface area contributed by atoms with Crippen molar-refractivity contribution in [1.29, 1.82) is 0 Å². The first-order valence-corrected chi connectivity index (χ1v) is 7.26. The molecule has 0 radical (unpaired) electrons. The minimum absolute atomic E-state index is 0.119. The van der Waals surface area contributed by atoms with Gasteiger partial charge in [0.15, 0.2) is 0 Å². The summed E-state index contributed by atoms with van der Waals surface area (Å²) in [7, 11) is 0. The summed E-state index contributed by atoms with van der Waals surface area (Å²) in [6.45, 7) is 0.119. The van der Waals surface area contributed by atoms with E-state index in [1.165, 1.54) is 6.07 Å².